The van der Waals surface area contributed by atoms with E-state index in [1.807, 2.05) is 55.7 Å². The summed E-state index contributed by atoms with van der Waals surface area (Å²) >= 11 is 0. The Hall–Kier alpha value is -3.22. The summed E-state index contributed by atoms with van der Waals surface area (Å²) in [5, 5.41) is 7.67. The minimum absolute atomic E-state index is 0.0272. The summed E-state index contributed by atoms with van der Waals surface area (Å²) < 4.78 is 1.77. The maximum absolute atomic E-state index is 12.3. The molecule has 1 saturated heterocycles. The van der Waals surface area contributed by atoms with Crippen LogP contribution in [0, 0.1) is 5.92 Å². The number of nitrogens with zero attached hydrogens (tertiary/aromatic N) is 5. The molecule has 2 atom stereocenters. The Morgan fingerprint density at radius 2 is 2.00 bits per heavy atom. The quantitative estimate of drug-likeness (QED) is 0.715. The molecule has 1 aliphatic heterocycles. The van der Waals surface area contributed by atoms with Gasteiger partial charge >= 0.3 is 0 Å². The van der Waals surface area contributed by atoms with Crippen LogP contribution >= 0.6 is 0 Å². The zero-order valence-corrected chi connectivity index (χ0v) is 16.1. The zero-order valence-electron chi connectivity index (χ0n) is 16.1. The summed E-state index contributed by atoms with van der Waals surface area (Å²) in [6.07, 6.45) is 6.81. The molecule has 1 fully saturated rings. The van der Waals surface area contributed by atoms with Crippen molar-refractivity contribution in [3.05, 3.63) is 71.9 Å². The molecule has 7 nitrogen and oxygen atoms in total. The van der Waals surface area contributed by atoms with Crippen molar-refractivity contribution in [2.75, 3.05) is 18.9 Å². The minimum Gasteiger partial charge on any atom is -0.370 e. The molecule has 3 heterocycles. The minimum atomic E-state index is 0.0272. The third-order valence-electron chi connectivity index (χ3n) is 5.22. The van der Waals surface area contributed by atoms with Crippen molar-refractivity contribution >= 4 is 11.7 Å². The van der Waals surface area contributed by atoms with E-state index in [4.69, 9.17) is 0 Å². The van der Waals surface area contributed by atoms with Gasteiger partial charge in [-0.2, -0.15) is 5.10 Å². The third-order valence-corrected chi connectivity index (χ3v) is 5.22. The van der Waals surface area contributed by atoms with Gasteiger partial charge in [0.15, 0.2) is 0 Å². The molecule has 1 aromatic carbocycles. The zero-order chi connectivity index (χ0) is 19.5. The molecule has 1 amide bonds. The lowest BCUT2D eigenvalue weighted by atomic mass is 9.96. The monoisotopic (exact) mass is 376 g/mol. The van der Waals surface area contributed by atoms with Crippen molar-refractivity contribution in [2.45, 2.75) is 18.9 Å². The van der Waals surface area contributed by atoms with Crippen LogP contribution in [-0.4, -0.2) is 44.1 Å². The Kier molecular flexibility index (Phi) is 5.06. The van der Waals surface area contributed by atoms with Gasteiger partial charge in [0.05, 0.1) is 12.2 Å². The fourth-order valence-corrected chi connectivity index (χ4v) is 3.82. The molecule has 2 aromatic heterocycles. The summed E-state index contributed by atoms with van der Waals surface area (Å²) in [4.78, 5) is 23.1. The molecule has 0 saturated carbocycles. The molecule has 144 valence electrons. The smallest absolute Gasteiger partial charge is 0.223 e. The average molecular weight is 376 g/mol. The van der Waals surface area contributed by atoms with Crippen molar-refractivity contribution in [3.63, 3.8) is 0 Å². The first kappa shape index (κ1) is 18.2. The van der Waals surface area contributed by atoms with Gasteiger partial charge < -0.3 is 10.2 Å². The highest BCUT2D eigenvalue weighted by Gasteiger charge is 2.38. The average Bonchev–Trinajstić information content (AvgIpc) is 3.24. The van der Waals surface area contributed by atoms with Crippen LogP contribution in [-0.2, 0) is 18.3 Å². The van der Waals surface area contributed by atoms with Gasteiger partial charge in [0.25, 0.3) is 0 Å². The first-order chi connectivity index (χ1) is 13.6. The predicted octanol–water partition coefficient (Wildman–Crippen LogP) is 2.43. The Morgan fingerprint density at radius 3 is 2.75 bits per heavy atom. The van der Waals surface area contributed by atoms with Crippen molar-refractivity contribution in [1.82, 2.24) is 24.6 Å². The van der Waals surface area contributed by atoms with Crippen LogP contribution in [0.1, 0.15) is 29.4 Å². The van der Waals surface area contributed by atoms with Gasteiger partial charge in [0, 0.05) is 57.4 Å². The molecule has 4 rings (SSSR count). The number of aromatic nitrogens is 4. The van der Waals surface area contributed by atoms with Crippen LogP contribution in [0.25, 0.3) is 0 Å². The van der Waals surface area contributed by atoms with E-state index in [0.29, 0.717) is 19.4 Å². The fourth-order valence-electron chi connectivity index (χ4n) is 3.82. The van der Waals surface area contributed by atoms with Crippen molar-refractivity contribution in [3.8, 4) is 0 Å². The van der Waals surface area contributed by atoms with Crippen LogP contribution in [0.3, 0.4) is 0 Å². The van der Waals surface area contributed by atoms with E-state index in [1.54, 1.807) is 10.9 Å². The summed E-state index contributed by atoms with van der Waals surface area (Å²) in [6, 6.07) is 12.1. The lowest BCUT2D eigenvalue weighted by Gasteiger charge is -2.24. The van der Waals surface area contributed by atoms with Gasteiger partial charge in [0.2, 0.25) is 5.91 Å². The molecular weight excluding hydrogens is 352 g/mol. The second-order valence-corrected chi connectivity index (χ2v) is 7.26. The van der Waals surface area contributed by atoms with E-state index >= 15 is 0 Å². The maximum atomic E-state index is 12.3. The number of aryl methyl sites for hydroxylation is 1. The Bertz CT molecular complexity index is 954. The largest absolute Gasteiger partial charge is 0.370 e. The van der Waals surface area contributed by atoms with Crippen LogP contribution in [0.4, 0.5) is 5.82 Å². The number of anilines is 1. The third kappa shape index (κ3) is 3.88. The number of likely N-dealkylation sites (tertiary alicyclic amines) is 1. The molecule has 28 heavy (non-hydrogen) atoms. The van der Waals surface area contributed by atoms with Crippen LogP contribution in [0.15, 0.2) is 55.0 Å². The molecule has 1 N–H and O–H groups in total. The number of amides is 1. The van der Waals surface area contributed by atoms with Gasteiger partial charge in [-0.1, -0.05) is 30.3 Å². The molecular formula is C21H24N6O. The lowest BCUT2D eigenvalue weighted by molar-refractivity contribution is -0.127. The van der Waals surface area contributed by atoms with E-state index in [-0.39, 0.29) is 17.9 Å². The normalized spacial score (nSPS) is 19.2. The van der Waals surface area contributed by atoms with Gasteiger partial charge in [0.1, 0.15) is 11.6 Å². The molecule has 0 bridgehead atoms. The molecule has 0 unspecified atom stereocenters. The molecule has 1 aliphatic rings. The molecule has 0 spiro atoms. The second kappa shape index (κ2) is 7.80. The van der Waals surface area contributed by atoms with E-state index < -0.39 is 0 Å². The van der Waals surface area contributed by atoms with Gasteiger partial charge in [-0.25, -0.2) is 9.97 Å². The van der Waals surface area contributed by atoms with Gasteiger partial charge in [-0.15, -0.1) is 0 Å². The second-order valence-electron chi connectivity index (χ2n) is 7.26. The van der Waals surface area contributed by atoms with Crippen LogP contribution < -0.4 is 5.32 Å². The van der Waals surface area contributed by atoms with Crippen molar-refractivity contribution in [2.24, 2.45) is 13.0 Å². The number of hydrogen-bond donors (Lipinski definition) is 1. The number of rotatable bonds is 6. The fraction of sp³-hybridized carbons (Fsp3) is 0.333. The number of carbonyl (C=O) groups excluding carboxylic acids is 1. The SMILES string of the molecule is CN1C(=O)C[C@@H](CNc2ccnc(Cc3ccccc3)n2)[C@@H]1c1cnn(C)c1. The van der Waals surface area contributed by atoms with E-state index in [2.05, 4.69) is 32.5 Å². The summed E-state index contributed by atoms with van der Waals surface area (Å²) in [5.41, 5.74) is 2.24. The van der Waals surface area contributed by atoms with E-state index in [0.717, 1.165) is 17.2 Å². The highest BCUT2D eigenvalue weighted by atomic mass is 16.2. The Morgan fingerprint density at radius 1 is 1.18 bits per heavy atom. The lowest BCUT2D eigenvalue weighted by Crippen LogP contribution is -2.26. The molecule has 0 aliphatic carbocycles. The highest BCUT2D eigenvalue weighted by Crippen LogP contribution is 2.36. The predicted molar refractivity (Wildman–Crippen MR) is 107 cm³/mol. The summed E-state index contributed by atoms with van der Waals surface area (Å²) in [5.74, 6) is 1.88. The standard InChI is InChI=1S/C21H24N6O/c1-26-14-17(13-24-26)21-16(11-20(28)27(21)2)12-23-18-8-9-22-19(25-18)10-15-6-4-3-5-7-15/h3-9,13-14,16,21H,10-12H2,1-2H3,(H,22,23,25)/t16-,21+/m0/s1. The van der Waals surface area contributed by atoms with E-state index in [9.17, 15) is 4.79 Å². The molecule has 0 radical (unpaired) electrons. The first-order valence-electron chi connectivity index (χ1n) is 9.44. The van der Waals surface area contributed by atoms with Crippen LogP contribution in [0.5, 0.6) is 0 Å². The Balaban J connectivity index is 1.44. The number of hydrogen-bond acceptors (Lipinski definition) is 5. The van der Waals surface area contributed by atoms with Crippen LogP contribution in [0.2, 0.25) is 0 Å². The highest BCUT2D eigenvalue weighted by molar-refractivity contribution is 5.79. The van der Waals surface area contributed by atoms with Gasteiger partial charge in [-0.3, -0.25) is 9.48 Å². The van der Waals surface area contributed by atoms with Crippen molar-refractivity contribution in [1.29, 1.82) is 0 Å². The van der Waals surface area contributed by atoms with Gasteiger partial charge in [-0.05, 0) is 11.6 Å². The molecule has 7 heteroatoms. The number of nitrogens with one attached hydrogen (secondary N) is 1. The summed E-state index contributed by atoms with van der Waals surface area (Å²) in [6.45, 7) is 0.664. The Labute approximate surface area is 164 Å². The molecule has 3 aromatic rings. The topological polar surface area (TPSA) is 75.9 Å². The maximum Gasteiger partial charge on any atom is 0.223 e. The summed E-state index contributed by atoms with van der Waals surface area (Å²) in [7, 11) is 3.76. The van der Waals surface area contributed by atoms with E-state index in [1.165, 1.54) is 5.56 Å². The number of benzene rings is 1. The first-order valence-corrected chi connectivity index (χ1v) is 9.44. The number of carbonyl (C=O) groups is 1. The van der Waals surface area contributed by atoms with Crippen molar-refractivity contribution < 1.29 is 4.79 Å².